The van der Waals surface area contributed by atoms with Gasteiger partial charge in [-0.1, -0.05) is 12.1 Å². The van der Waals surface area contributed by atoms with Crippen LogP contribution in [0, 0.1) is 12.7 Å². The molecule has 0 saturated carbocycles. The second-order valence-electron chi connectivity index (χ2n) is 5.27. The Kier molecular flexibility index (Phi) is 4.25. The molecule has 20 heavy (non-hydrogen) atoms. The Hall–Kier alpha value is -1.66. The third-order valence-corrected chi connectivity index (χ3v) is 3.57. The molecular formula is C14H19FN2O3. The van der Waals surface area contributed by atoms with Gasteiger partial charge in [-0.2, -0.15) is 0 Å². The molecule has 3 N–H and O–H groups in total. The highest BCUT2D eigenvalue weighted by atomic mass is 19.1. The van der Waals surface area contributed by atoms with E-state index in [0.717, 1.165) is 0 Å². The molecule has 6 heteroatoms. The molecule has 5 nitrogen and oxygen atoms in total. The number of aliphatic hydroxyl groups excluding tert-OH is 1. The molecule has 1 aromatic carbocycles. The van der Waals surface area contributed by atoms with E-state index in [1.165, 1.54) is 11.0 Å². The van der Waals surface area contributed by atoms with Gasteiger partial charge in [-0.05, 0) is 31.4 Å². The molecule has 0 radical (unpaired) electrons. The van der Waals surface area contributed by atoms with Crippen molar-refractivity contribution < 1.29 is 19.4 Å². The molecule has 1 fully saturated rings. The highest BCUT2D eigenvalue weighted by Gasteiger charge is 2.34. The van der Waals surface area contributed by atoms with Crippen LogP contribution in [0.4, 0.5) is 14.9 Å². The van der Waals surface area contributed by atoms with E-state index < -0.39 is 24.1 Å². The van der Waals surface area contributed by atoms with Crippen LogP contribution in [-0.2, 0) is 0 Å². The number of aryl methyl sites for hydroxylation is 1. The second-order valence-corrected chi connectivity index (χ2v) is 5.27. The summed E-state index contributed by atoms with van der Waals surface area (Å²) in [6.45, 7) is 1.75. The monoisotopic (exact) mass is 282 g/mol. The predicted octanol–water partition coefficient (Wildman–Crippen LogP) is 1.49. The van der Waals surface area contributed by atoms with Crippen LogP contribution in [0.2, 0.25) is 0 Å². The van der Waals surface area contributed by atoms with Gasteiger partial charge in [0, 0.05) is 6.54 Å². The van der Waals surface area contributed by atoms with Crippen molar-refractivity contribution in [2.24, 2.45) is 0 Å². The van der Waals surface area contributed by atoms with Gasteiger partial charge >= 0.3 is 6.03 Å². The van der Waals surface area contributed by atoms with E-state index in [9.17, 15) is 14.3 Å². The lowest BCUT2D eigenvalue weighted by Crippen LogP contribution is -2.53. The molecule has 1 atom stereocenters. The fourth-order valence-electron chi connectivity index (χ4n) is 2.35. The van der Waals surface area contributed by atoms with Crippen molar-refractivity contribution in [1.82, 2.24) is 4.90 Å². The molecule has 1 aliphatic rings. The summed E-state index contributed by atoms with van der Waals surface area (Å²) >= 11 is 0. The summed E-state index contributed by atoms with van der Waals surface area (Å²) in [5, 5.41) is 21.7. The van der Waals surface area contributed by atoms with Crippen LogP contribution >= 0.6 is 0 Å². The van der Waals surface area contributed by atoms with Gasteiger partial charge in [-0.15, -0.1) is 0 Å². The topological polar surface area (TPSA) is 72.8 Å². The number of carbonyl (C=O) groups excluding carboxylic acids is 1. The Bertz CT molecular complexity index is 509. The lowest BCUT2D eigenvalue weighted by molar-refractivity contribution is -0.0558. The maximum atomic E-state index is 13.8. The van der Waals surface area contributed by atoms with E-state index >= 15 is 0 Å². The van der Waals surface area contributed by atoms with Crippen molar-refractivity contribution in [3.8, 4) is 0 Å². The van der Waals surface area contributed by atoms with Gasteiger partial charge in [0.1, 0.15) is 11.4 Å². The number of likely N-dealkylation sites (tertiary alicyclic amines) is 1. The Morgan fingerprint density at radius 1 is 1.55 bits per heavy atom. The Morgan fingerprint density at radius 2 is 2.30 bits per heavy atom. The fourth-order valence-corrected chi connectivity index (χ4v) is 2.35. The summed E-state index contributed by atoms with van der Waals surface area (Å²) in [4.78, 5) is 13.5. The van der Waals surface area contributed by atoms with E-state index in [1.807, 2.05) is 0 Å². The number of urea groups is 1. The number of amides is 2. The van der Waals surface area contributed by atoms with Crippen LogP contribution in [0.5, 0.6) is 0 Å². The number of nitrogens with zero attached hydrogens (tertiary/aromatic N) is 1. The van der Waals surface area contributed by atoms with Crippen molar-refractivity contribution in [1.29, 1.82) is 0 Å². The Labute approximate surface area is 117 Å². The average molecular weight is 282 g/mol. The van der Waals surface area contributed by atoms with Crippen LogP contribution in [0.1, 0.15) is 18.4 Å². The standard InChI is InChI=1S/C14H19FN2O3/c1-10-4-2-5-11(12(10)15)16-13(19)17-7-3-6-14(20,8-17)9-18/h2,4-5,18,20H,3,6-9H2,1H3,(H,16,19). The second kappa shape index (κ2) is 5.76. The molecule has 1 aliphatic heterocycles. The molecule has 1 aromatic rings. The summed E-state index contributed by atoms with van der Waals surface area (Å²) in [5.41, 5.74) is -0.692. The van der Waals surface area contributed by atoms with Crippen LogP contribution in [-0.4, -0.2) is 46.4 Å². The normalized spacial score (nSPS) is 22.7. The van der Waals surface area contributed by atoms with Gasteiger partial charge in [0.05, 0.1) is 18.8 Å². The smallest absolute Gasteiger partial charge is 0.322 e. The number of carbonyl (C=O) groups is 1. The molecule has 0 aromatic heterocycles. The van der Waals surface area contributed by atoms with E-state index in [1.54, 1.807) is 19.1 Å². The van der Waals surface area contributed by atoms with Gasteiger partial charge < -0.3 is 20.4 Å². The van der Waals surface area contributed by atoms with Crippen LogP contribution in [0.25, 0.3) is 0 Å². The summed E-state index contributed by atoms with van der Waals surface area (Å²) in [6.07, 6.45) is 1.05. The number of nitrogens with one attached hydrogen (secondary N) is 1. The summed E-state index contributed by atoms with van der Waals surface area (Å²) < 4.78 is 13.8. The van der Waals surface area contributed by atoms with Crippen molar-refractivity contribution in [3.05, 3.63) is 29.6 Å². The minimum Gasteiger partial charge on any atom is -0.393 e. The first-order valence-corrected chi connectivity index (χ1v) is 6.59. The van der Waals surface area contributed by atoms with Gasteiger partial charge in [0.15, 0.2) is 0 Å². The highest BCUT2D eigenvalue weighted by Crippen LogP contribution is 2.22. The zero-order chi connectivity index (χ0) is 14.8. The number of rotatable bonds is 2. The summed E-state index contributed by atoms with van der Waals surface area (Å²) in [5.74, 6) is -0.463. The van der Waals surface area contributed by atoms with Crippen LogP contribution in [0.15, 0.2) is 18.2 Å². The van der Waals surface area contributed by atoms with Gasteiger partial charge in [-0.25, -0.2) is 9.18 Å². The summed E-state index contributed by atoms with van der Waals surface area (Å²) in [6, 6.07) is 4.30. The zero-order valence-electron chi connectivity index (χ0n) is 11.4. The quantitative estimate of drug-likeness (QED) is 0.769. The largest absolute Gasteiger partial charge is 0.393 e. The fraction of sp³-hybridized carbons (Fsp3) is 0.500. The molecule has 1 heterocycles. The lowest BCUT2D eigenvalue weighted by atomic mass is 9.94. The molecule has 1 saturated heterocycles. The Balaban J connectivity index is 2.06. The van der Waals surface area contributed by atoms with E-state index in [0.29, 0.717) is 24.9 Å². The number of benzene rings is 1. The lowest BCUT2D eigenvalue weighted by Gasteiger charge is -2.37. The minimum atomic E-state index is -1.26. The van der Waals surface area contributed by atoms with E-state index in [-0.39, 0.29) is 12.2 Å². The highest BCUT2D eigenvalue weighted by molar-refractivity contribution is 5.89. The number of hydrogen-bond donors (Lipinski definition) is 3. The van der Waals surface area contributed by atoms with Crippen molar-refractivity contribution in [2.75, 3.05) is 25.0 Å². The van der Waals surface area contributed by atoms with Gasteiger partial charge in [0.25, 0.3) is 0 Å². The molecular weight excluding hydrogens is 263 g/mol. The predicted molar refractivity (Wildman–Crippen MR) is 73.0 cm³/mol. The maximum Gasteiger partial charge on any atom is 0.322 e. The van der Waals surface area contributed by atoms with Crippen molar-refractivity contribution in [2.45, 2.75) is 25.4 Å². The third kappa shape index (κ3) is 3.08. The number of anilines is 1. The molecule has 0 aliphatic carbocycles. The molecule has 1 unspecified atom stereocenters. The zero-order valence-corrected chi connectivity index (χ0v) is 11.4. The van der Waals surface area contributed by atoms with Crippen LogP contribution in [0.3, 0.4) is 0 Å². The van der Waals surface area contributed by atoms with Gasteiger partial charge in [-0.3, -0.25) is 0 Å². The first-order chi connectivity index (χ1) is 9.45. The SMILES string of the molecule is Cc1cccc(NC(=O)N2CCCC(O)(CO)C2)c1F. The number of β-amino-alcohol motifs (C(OH)–C–C–N with tert-alkyl or cyclic N) is 1. The molecule has 0 bridgehead atoms. The first kappa shape index (κ1) is 14.7. The van der Waals surface area contributed by atoms with Gasteiger partial charge in [0.2, 0.25) is 0 Å². The van der Waals surface area contributed by atoms with E-state index in [2.05, 4.69) is 5.32 Å². The molecule has 110 valence electrons. The number of piperidine rings is 1. The maximum absolute atomic E-state index is 13.8. The third-order valence-electron chi connectivity index (χ3n) is 3.57. The average Bonchev–Trinajstić information content (AvgIpc) is 2.44. The molecule has 0 spiro atoms. The Morgan fingerprint density at radius 3 is 3.00 bits per heavy atom. The van der Waals surface area contributed by atoms with Crippen molar-refractivity contribution >= 4 is 11.7 Å². The minimum absolute atomic E-state index is 0.0444. The number of aliphatic hydroxyl groups is 2. The molecule has 2 amide bonds. The van der Waals surface area contributed by atoms with Crippen molar-refractivity contribution in [3.63, 3.8) is 0 Å². The molecule has 2 rings (SSSR count). The van der Waals surface area contributed by atoms with E-state index in [4.69, 9.17) is 5.11 Å². The number of halogens is 1. The first-order valence-electron chi connectivity index (χ1n) is 6.59. The number of hydrogen-bond acceptors (Lipinski definition) is 3. The summed E-state index contributed by atoms with van der Waals surface area (Å²) in [7, 11) is 0. The van der Waals surface area contributed by atoms with Crippen LogP contribution < -0.4 is 5.32 Å².